The van der Waals surface area contributed by atoms with Crippen LogP contribution < -0.4 is 19.7 Å². The summed E-state index contributed by atoms with van der Waals surface area (Å²) in [5.41, 5.74) is 2.49. The van der Waals surface area contributed by atoms with Gasteiger partial charge in [0.15, 0.2) is 11.5 Å². The van der Waals surface area contributed by atoms with E-state index in [-0.39, 0.29) is 18.4 Å². The van der Waals surface area contributed by atoms with E-state index in [0.29, 0.717) is 34.9 Å². The minimum Gasteiger partial charge on any atom is -0.493 e. The van der Waals surface area contributed by atoms with Crippen LogP contribution in [-0.4, -0.2) is 32.6 Å². The number of amides is 2. The van der Waals surface area contributed by atoms with Gasteiger partial charge in [-0.25, -0.2) is 0 Å². The highest BCUT2D eigenvalue weighted by atomic mass is 16.5. The van der Waals surface area contributed by atoms with Crippen molar-refractivity contribution in [2.75, 3.05) is 31.0 Å². The highest BCUT2D eigenvalue weighted by Crippen LogP contribution is 2.35. The molecule has 0 bridgehead atoms. The van der Waals surface area contributed by atoms with Crippen molar-refractivity contribution < 1.29 is 19.1 Å². The van der Waals surface area contributed by atoms with E-state index in [1.807, 2.05) is 12.1 Å². The quantitative estimate of drug-likeness (QED) is 0.840. The largest absolute Gasteiger partial charge is 0.493 e. The molecule has 1 aliphatic heterocycles. The van der Waals surface area contributed by atoms with Crippen molar-refractivity contribution in [3.8, 4) is 11.5 Å². The second kappa shape index (κ2) is 7.31. The first-order chi connectivity index (χ1) is 12.6. The number of para-hydroxylation sites is 2. The van der Waals surface area contributed by atoms with Gasteiger partial charge >= 0.3 is 0 Å². The molecule has 2 amide bonds. The van der Waals surface area contributed by atoms with Crippen LogP contribution in [0.15, 0.2) is 49.1 Å². The fourth-order valence-electron chi connectivity index (χ4n) is 3.04. The van der Waals surface area contributed by atoms with E-state index in [9.17, 15) is 9.59 Å². The zero-order chi connectivity index (χ0) is 18.7. The molecule has 0 unspecified atom stereocenters. The zero-order valence-electron chi connectivity index (χ0n) is 14.7. The number of anilines is 2. The van der Waals surface area contributed by atoms with Crippen LogP contribution >= 0.6 is 0 Å². The highest BCUT2D eigenvalue weighted by Gasteiger charge is 2.28. The summed E-state index contributed by atoms with van der Waals surface area (Å²) in [6.45, 7) is 3.71. The second-order valence-corrected chi connectivity index (χ2v) is 5.82. The van der Waals surface area contributed by atoms with Crippen molar-refractivity contribution in [1.29, 1.82) is 0 Å². The number of benzene rings is 2. The van der Waals surface area contributed by atoms with Gasteiger partial charge in [-0.3, -0.25) is 14.5 Å². The van der Waals surface area contributed by atoms with Gasteiger partial charge in [0.25, 0.3) is 5.91 Å². The minimum atomic E-state index is -0.279. The Balaban J connectivity index is 2.06. The minimum absolute atomic E-state index is 0.0407. The van der Waals surface area contributed by atoms with Crippen molar-refractivity contribution in [1.82, 2.24) is 0 Å². The molecular formula is C20H20N2O4. The number of nitrogens with one attached hydrogen (secondary N) is 1. The van der Waals surface area contributed by atoms with Crippen molar-refractivity contribution in [2.45, 2.75) is 6.42 Å². The molecule has 1 N–H and O–H groups in total. The van der Waals surface area contributed by atoms with Crippen LogP contribution in [0.25, 0.3) is 0 Å². The summed E-state index contributed by atoms with van der Waals surface area (Å²) >= 11 is 0. The van der Waals surface area contributed by atoms with E-state index in [1.54, 1.807) is 37.5 Å². The Labute approximate surface area is 152 Å². The van der Waals surface area contributed by atoms with E-state index in [1.165, 1.54) is 12.0 Å². The molecule has 0 spiro atoms. The molecule has 6 heteroatoms. The SMILES string of the molecule is C=CCc1cc(C(=O)N2CC(=O)Nc3ccccc32)cc(OC)c1OC. The maximum atomic E-state index is 13.2. The topological polar surface area (TPSA) is 67.9 Å². The van der Waals surface area contributed by atoms with E-state index >= 15 is 0 Å². The standard InChI is InChI=1S/C20H20N2O4/c1-4-7-13-10-14(11-17(25-2)19(13)26-3)20(24)22-12-18(23)21-15-8-5-6-9-16(15)22/h4-6,8-11H,1,7,12H2,2-3H3,(H,21,23). The summed E-state index contributed by atoms with van der Waals surface area (Å²) in [4.78, 5) is 26.6. The van der Waals surface area contributed by atoms with Crippen LogP contribution in [0.5, 0.6) is 11.5 Å². The van der Waals surface area contributed by atoms with Crippen LogP contribution in [0.2, 0.25) is 0 Å². The first kappa shape index (κ1) is 17.5. The molecule has 134 valence electrons. The Morgan fingerprint density at radius 1 is 1.27 bits per heavy atom. The molecule has 0 aromatic heterocycles. The van der Waals surface area contributed by atoms with Crippen molar-refractivity contribution >= 4 is 23.2 Å². The molecule has 0 aliphatic carbocycles. The summed E-state index contributed by atoms with van der Waals surface area (Å²) in [6.07, 6.45) is 2.26. The number of methoxy groups -OCH3 is 2. The summed E-state index contributed by atoms with van der Waals surface area (Å²) in [5, 5.41) is 2.78. The number of fused-ring (bicyclic) bond motifs is 1. The number of hydrogen-bond donors (Lipinski definition) is 1. The van der Waals surface area contributed by atoms with Gasteiger partial charge in [0, 0.05) is 11.1 Å². The summed E-state index contributed by atoms with van der Waals surface area (Å²) < 4.78 is 10.8. The predicted octanol–water partition coefficient (Wildman–Crippen LogP) is 3.03. The maximum absolute atomic E-state index is 13.2. The lowest BCUT2D eigenvalue weighted by molar-refractivity contribution is -0.115. The van der Waals surface area contributed by atoms with E-state index < -0.39 is 0 Å². The van der Waals surface area contributed by atoms with Gasteiger partial charge in [-0.15, -0.1) is 6.58 Å². The average molecular weight is 352 g/mol. The lowest BCUT2D eigenvalue weighted by atomic mass is 10.0. The summed E-state index contributed by atoms with van der Waals surface area (Å²) in [6, 6.07) is 10.6. The maximum Gasteiger partial charge on any atom is 0.258 e. The lowest BCUT2D eigenvalue weighted by Crippen LogP contribution is -2.42. The Hall–Kier alpha value is -3.28. The van der Waals surface area contributed by atoms with Gasteiger partial charge in [0.1, 0.15) is 6.54 Å². The van der Waals surface area contributed by atoms with Crippen molar-refractivity contribution in [3.05, 3.63) is 60.2 Å². The second-order valence-electron chi connectivity index (χ2n) is 5.82. The van der Waals surface area contributed by atoms with Gasteiger partial charge < -0.3 is 14.8 Å². The molecule has 0 saturated heterocycles. The molecule has 3 rings (SSSR count). The molecule has 0 radical (unpaired) electrons. The number of hydrogen-bond acceptors (Lipinski definition) is 4. The van der Waals surface area contributed by atoms with Crippen LogP contribution in [0, 0.1) is 0 Å². The lowest BCUT2D eigenvalue weighted by Gasteiger charge is -2.29. The van der Waals surface area contributed by atoms with Crippen molar-refractivity contribution in [3.63, 3.8) is 0 Å². The van der Waals surface area contributed by atoms with Gasteiger partial charge in [-0.05, 0) is 30.7 Å². The average Bonchev–Trinajstić information content (AvgIpc) is 2.66. The fraction of sp³-hybridized carbons (Fsp3) is 0.200. The normalized spacial score (nSPS) is 12.8. The Morgan fingerprint density at radius 3 is 2.73 bits per heavy atom. The monoisotopic (exact) mass is 352 g/mol. The first-order valence-electron chi connectivity index (χ1n) is 8.15. The van der Waals surface area contributed by atoms with Gasteiger partial charge in [-0.1, -0.05) is 18.2 Å². The van der Waals surface area contributed by atoms with Crippen LogP contribution in [0.3, 0.4) is 0 Å². The third-order valence-corrected chi connectivity index (χ3v) is 4.18. The molecule has 2 aromatic carbocycles. The van der Waals surface area contributed by atoms with Crippen LogP contribution in [0.4, 0.5) is 11.4 Å². The molecule has 1 heterocycles. The van der Waals surface area contributed by atoms with Crippen LogP contribution in [0.1, 0.15) is 15.9 Å². The summed E-state index contributed by atoms with van der Waals surface area (Å²) in [7, 11) is 3.07. The number of allylic oxidation sites excluding steroid dienone is 1. The number of carbonyl (C=O) groups is 2. The molecule has 0 saturated carbocycles. The Bertz CT molecular complexity index is 876. The van der Waals surface area contributed by atoms with Crippen molar-refractivity contribution in [2.24, 2.45) is 0 Å². The third-order valence-electron chi connectivity index (χ3n) is 4.18. The highest BCUT2D eigenvalue weighted by molar-refractivity contribution is 6.15. The smallest absolute Gasteiger partial charge is 0.258 e. The fourth-order valence-corrected chi connectivity index (χ4v) is 3.04. The van der Waals surface area contributed by atoms with Gasteiger partial charge in [0.05, 0.1) is 25.6 Å². The van der Waals surface area contributed by atoms with E-state index in [4.69, 9.17) is 9.47 Å². The molecule has 6 nitrogen and oxygen atoms in total. The van der Waals surface area contributed by atoms with E-state index in [2.05, 4.69) is 11.9 Å². The third kappa shape index (κ3) is 3.13. The van der Waals surface area contributed by atoms with E-state index in [0.717, 1.165) is 5.56 Å². The number of rotatable bonds is 5. The number of nitrogens with zero attached hydrogens (tertiary/aromatic N) is 1. The Morgan fingerprint density at radius 2 is 2.04 bits per heavy atom. The molecule has 26 heavy (non-hydrogen) atoms. The molecular weight excluding hydrogens is 332 g/mol. The molecule has 2 aromatic rings. The van der Waals surface area contributed by atoms with Crippen LogP contribution in [-0.2, 0) is 11.2 Å². The Kier molecular flexibility index (Phi) is 4.93. The predicted molar refractivity (Wildman–Crippen MR) is 100 cm³/mol. The molecule has 1 aliphatic rings. The molecule has 0 fully saturated rings. The zero-order valence-corrected chi connectivity index (χ0v) is 14.7. The van der Waals surface area contributed by atoms with Gasteiger partial charge in [-0.2, -0.15) is 0 Å². The molecule has 0 atom stereocenters. The van der Waals surface area contributed by atoms with Gasteiger partial charge in [0.2, 0.25) is 5.91 Å². The first-order valence-corrected chi connectivity index (χ1v) is 8.15. The summed E-state index contributed by atoms with van der Waals surface area (Å²) in [5.74, 6) is 0.521. The number of carbonyl (C=O) groups excluding carboxylic acids is 2. The number of ether oxygens (including phenoxy) is 2.